The molecule has 1 atom stereocenters. The van der Waals surface area contributed by atoms with Crippen LogP contribution >= 0.6 is 0 Å². The number of aromatic nitrogens is 2. The Bertz CT molecular complexity index is 721. The van der Waals surface area contributed by atoms with Gasteiger partial charge in [-0.05, 0) is 6.42 Å². The van der Waals surface area contributed by atoms with Crippen molar-refractivity contribution >= 4 is 31.5 Å². The van der Waals surface area contributed by atoms with E-state index in [1.54, 1.807) is 0 Å². The fourth-order valence-electron chi connectivity index (χ4n) is 1.89. The van der Waals surface area contributed by atoms with Gasteiger partial charge in [-0.2, -0.15) is 5.10 Å². The fraction of sp³-hybridized carbons (Fsp3) is 0.556. The molecule has 2 rings (SSSR count). The van der Waals surface area contributed by atoms with Crippen LogP contribution in [0.4, 0.5) is 5.69 Å². The minimum Gasteiger partial charge on any atom is -0.480 e. The number of hydrogen-bond donors (Lipinski definition) is 2. The Balaban J connectivity index is 2.09. The van der Waals surface area contributed by atoms with Gasteiger partial charge >= 0.3 is 5.97 Å². The molecule has 2 N–H and O–H groups in total. The van der Waals surface area contributed by atoms with Gasteiger partial charge in [-0.25, -0.2) is 16.8 Å². The van der Waals surface area contributed by atoms with Crippen molar-refractivity contribution in [1.82, 2.24) is 9.78 Å². The molecule has 1 saturated heterocycles. The summed E-state index contributed by atoms with van der Waals surface area (Å²) in [4.78, 5) is 10.5. The second kappa shape index (κ2) is 5.05. The minimum absolute atomic E-state index is 0.0565. The molecule has 0 amide bonds. The van der Waals surface area contributed by atoms with Crippen molar-refractivity contribution in [3.63, 3.8) is 0 Å². The summed E-state index contributed by atoms with van der Waals surface area (Å²) in [7, 11) is -7.13. The Morgan fingerprint density at radius 2 is 2.25 bits per heavy atom. The number of nitrogens with one attached hydrogen (secondary N) is 1. The number of rotatable bonds is 5. The van der Waals surface area contributed by atoms with Crippen LogP contribution in [0.25, 0.3) is 0 Å². The maximum absolute atomic E-state index is 12.0. The number of sulfonamides is 1. The monoisotopic (exact) mass is 323 g/mol. The van der Waals surface area contributed by atoms with E-state index < -0.39 is 36.8 Å². The molecule has 1 aromatic rings. The first-order valence-electron chi connectivity index (χ1n) is 5.64. The molecule has 0 radical (unpaired) electrons. The zero-order valence-corrected chi connectivity index (χ0v) is 11.9. The molecule has 0 aliphatic carbocycles. The quantitative estimate of drug-likeness (QED) is 0.701. The predicted octanol–water partition coefficient (Wildman–Crippen LogP) is -1.10. The number of sulfone groups is 1. The Morgan fingerprint density at radius 1 is 1.55 bits per heavy atom. The Labute approximate surface area is 115 Å². The van der Waals surface area contributed by atoms with Gasteiger partial charge in [0.15, 0.2) is 9.84 Å². The molecule has 9 nitrogen and oxygen atoms in total. The lowest BCUT2D eigenvalue weighted by atomic mass is 10.4. The van der Waals surface area contributed by atoms with E-state index in [0.29, 0.717) is 0 Å². The van der Waals surface area contributed by atoms with Gasteiger partial charge in [0.2, 0.25) is 10.0 Å². The summed E-state index contributed by atoms with van der Waals surface area (Å²) in [6.07, 6.45) is 2.46. The average molecular weight is 323 g/mol. The number of carboxylic acid groups (broad SMARTS) is 1. The van der Waals surface area contributed by atoms with Crippen LogP contribution in [0, 0.1) is 0 Å². The van der Waals surface area contributed by atoms with Crippen LogP contribution in [-0.2, 0) is 31.2 Å². The van der Waals surface area contributed by atoms with Gasteiger partial charge in [-0.3, -0.25) is 14.2 Å². The van der Waals surface area contributed by atoms with Crippen molar-refractivity contribution in [3.8, 4) is 0 Å². The average Bonchev–Trinajstić information content (AvgIpc) is 2.84. The van der Waals surface area contributed by atoms with Gasteiger partial charge in [0.05, 0.1) is 28.6 Å². The first kappa shape index (κ1) is 14.8. The van der Waals surface area contributed by atoms with E-state index in [1.165, 1.54) is 12.4 Å². The van der Waals surface area contributed by atoms with E-state index in [4.69, 9.17) is 5.11 Å². The number of carboxylic acids is 1. The SMILES string of the molecule is O=C(O)Cn1cc(NS(=O)(=O)C2CCS(=O)(=O)C2)cn1. The second-order valence-corrected chi connectivity index (χ2v) is 8.68. The lowest BCUT2D eigenvalue weighted by Gasteiger charge is -2.10. The van der Waals surface area contributed by atoms with Crippen molar-refractivity contribution in [2.24, 2.45) is 0 Å². The molecule has 1 aromatic heterocycles. The van der Waals surface area contributed by atoms with Crippen molar-refractivity contribution in [2.45, 2.75) is 18.2 Å². The first-order valence-corrected chi connectivity index (χ1v) is 9.01. The maximum Gasteiger partial charge on any atom is 0.325 e. The van der Waals surface area contributed by atoms with E-state index >= 15 is 0 Å². The molecule has 0 spiro atoms. The fourth-order valence-corrected chi connectivity index (χ4v) is 5.95. The maximum atomic E-state index is 12.0. The summed E-state index contributed by atoms with van der Waals surface area (Å²) in [6.45, 7) is -0.389. The molecule has 11 heteroatoms. The topological polar surface area (TPSA) is 135 Å². The van der Waals surface area contributed by atoms with Crippen LogP contribution in [-0.4, -0.2) is 54.4 Å². The van der Waals surface area contributed by atoms with E-state index in [0.717, 1.165) is 4.68 Å². The van der Waals surface area contributed by atoms with Crippen LogP contribution in [0.5, 0.6) is 0 Å². The third-order valence-electron chi connectivity index (χ3n) is 2.82. The van der Waals surface area contributed by atoms with Crippen LogP contribution in [0.2, 0.25) is 0 Å². The molecule has 1 aliphatic heterocycles. The van der Waals surface area contributed by atoms with Gasteiger partial charge in [0, 0.05) is 6.20 Å². The Kier molecular flexibility index (Phi) is 3.73. The standard InChI is InChI=1S/C9H13N3O6S2/c13-9(14)5-12-4-7(3-10-12)11-20(17,18)8-1-2-19(15,16)6-8/h3-4,8,11H,1-2,5-6H2,(H,13,14). The summed E-state index contributed by atoms with van der Waals surface area (Å²) < 4.78 is 49.9. The molecule has 1 aliphatic rings. The van der Waals surface area contributed by atoms with Crippen LogP contribution in [0.15, 0.2) is 12.4 Å². The van der Waals surface area contributed by atoms with Gasteiger partial charge in [-0.15, -0.1) is 0 Å². The molecule has 0 saturated carbocycles. The van der Waals surface area contributed by atoms with Crippen LogP contribution in [0.3, 0.4) is 0 Å². The molecule has 0 aromatic carbocycles. The van der Waals surface area contributed by atoms with Crippen molar-refractivity contribution < 1.29 is 26.7 Å². The lowest BCUT2D eigenvalue weighted by Crippen LogP contribution is -2.28. The van der Waals surface area contributed by atoms with Crippen molar-refractivity contribution in [3.05, 3.63) is 12.4 Å². The summed E-state index contributed by atoms with van der Waals surface area (Å²) >= 11 is 0. The first-order chi connectivity index (χ1) is 9.18. The molecule has 1 fully saturated rings. The van der Waals surface area contributed by atoms with Gasteiger partial charge in [-0.1, -0.05) is 0 Å². The van der Waals surface area contributed by atoms with Gasteiger partial charge < -0.3 is 5.11 Å². The van der Waals surface area contributed by atoms with E-state index in [1.807, 2.05) is 0 Å². The van der Waals surface area contributed by atoms with Crippen LogP contribution < -0.4 is 4.72 Å². The van der Waals surface area contributed by atoms with Crippen molar-refractivity contribution in [1.29, 1.82) is 0 Å². The Morgan fingerprint density at radius 3 is 2.80 bits per heavy atom. The third-order valence-corrected chi connectivity index (χ3v) is 6.60. The number of carbonyl (C=O) groups is 1. The minimum atomic E-state index is -3.83. The zero-order valence-electron chi connectivity index (χ0n) is 10.3. The Hall–Kier alpha value is -1.62. The summed E-state index contributed by atoms with van der Waals surface area (Å²) in [6, 6.07) is 0. The van der Waals surface area contributed by atoms with E-state index in [2.05, 4.69) is 9.82 Å². The van der Waals surface area contributed by atoms with E-state index in [-0.39, 0.29) is 24.4 Å². The number of aliphatic carboxylic acids is 1. The smallest absolute Gasteiger partial charge is 0.325 e. The van der Waals surface area contributed by atoms with Crippen LogP contribution in [0.1, 0.15) is 6.42 Å². The predicted molar refractivity (Wildman–Crippen MR) is 69.5 cm³/mol. The molecule has 1 unspecified atom stereocenters. The summed E-state index contributed by atoms with van der Waals surface area (Å²) in [5, 5.41) is 11.3. The largest absolute Gasteiger partial charge is 0.480 e. The third kappa shape index (κ3) is 3.48. The molecule has 2 heterocycles. The molecule has 20 heavy (non-hydrogen) atoms. The molecule has 0 bridgehead atoms. The normalized spacial score (nSPS) is 21.7. The summed E-state index contributed by atoms with van der Waals surface area (Å²) in [5.41, 5.74) is 0.107. The molecular formula is C9H13N3O6S2. The molecular weight excluding hydrogens is 310 g/mol. The highest BCUT2D eigenvalue weighted by Crippen LogP contribution is 2.21. The zero-order chi connectivity index (χ0) is 15.0. The number of hydrogen-bond acceptors (Lipinski definition) is 6. The lowest BCUT2D eigenvalue weighted by molar-refractivity contribution is -0.137. The summed E-state index contributed by atoms with van der Waals surface area (Å²) in [5.74, 6) is -1.65. The van der Waals surface area contributed by atoms with Crippen molar-refractivity contribution in [2.75, 3.05) is 16.2 Å². The van der Waals surface area contributed by atoms with E-state index in [9.17, 15) is 21.6 Å². The van der Waals surface area contributed by atoms with Gasteiger partial charge in [0.25, 0.3) is 0 Å². The highest BCUT2D eigenvalue weighted by Gasteiger charge is 2.37. The number of anilines is 1. The molecule has 112 valence electrons. The number of nitrogens with zero attached hydrogens (tertiary/aromatic N) is 2. The second-order valence-electron chi connectivity index (χ2n) is 4.49. The highest BCUT2D eigenvalue weighted by atomic mass is 32.2. The van der Waals surface area contributed by atoms with Gasteiger partial charge in [0.1, 0.15) is 6.54 Å². The highest BCUT2D eigenvalue weighted by molar-refractivity contribution is 7.97.